The predicted molar refractivity (Wildman–Crippen MR) is 44.3 cm³/mol. The molecule has 1 amide bonds. The van der Waals surface area contributed by atoms with Crippen LogP contribution in [-0.2, 0) is 0 Å². The topological polar surface area (TPSA) is 52.3 Å². The van der Waals surface area contributed by atoms with Crippen molar-refractivity contribution in [2.24, 2.45) is 5.73 Å². The molecule has 0 spiro atoms. The third-order valence-electron chi connectivity index (χ3n) is 1.12. The van der Waals surface area contributed by atoms with Crippen LogP contribution in [0.3, 0.4) is 0 Å². The molecule has 0 atom stereocenters. The summed E-state index contributed by atoms with van der Waals surface area (Å²) in [5, 5.41) is 0. The Hall–Kier alpha value is -1.10. The van der Waals surface area contributed by atoms with E-state index in [-0.39, 0.29) is 5.75 Å². The number of hydrogen-bond acceptors (Lipinski definition) is 2. The van der Waals surface area contributed by atoms with Crippen molar-refractivity contribution >= 4 is 22.0 Å². The number of benzene rings is 1. The molecule has 0 radical (unpaired) electrons. The van der Waals surface area contributed by atoms with Crippen LogP contribution in [0.1, 0.15) is 0 Å². The summed E-state index contributed by atoms with van der Waals surface area (Å²) >= 11 is 3.00. The quantitative estimate of drug-likeness (QED) is 0.808. The first-order chi connectivity index (χ1) is 5.61. The summed E-state index contributed by atoms with van der Waals surface area (Å²) in [7, 11) is 0. The molecule has 12 heavy (non-hydrogen) atoms. The molecule has 0 heterocycles. The average molecular weight is 234 g/mol. The van der Waals surface area contributed by atoms with Crippen LogP contribution in [0.15, 0.2) is 22.7 Å². The molecule has 3 nitrogen and oxygen atoms in total. The third-order valence-corrected chi connectivity index (χ3v) is 1.75. The summed E-state index contributed by atoms with van der Waals surface area (Å²) in [4.78, 5) is 10.3. The summed E-state index contributed by atoms with van der Waals surface area (Å²) in [5.41, 5.74) is 4.71. The maximum atomic E-state index is 12.8. The summed E-state index contributed by atoms with van der Waals surface area (Å²) < 4.78 is 17.6. The number of halogens is 2. The minimum Gasteiger partial charge on any atom is -0.406 e. The number of hydrogen-bond donors (Lipinski definition) is 1. The lowest BCUT2D eigenvalue weighted by molar-refractivity contribution is 0.208. The largest absolute Gasteiger partial charge is 0.410 e. The van der Waals surface area contributed by atoms with Crippen LogP contribution in [0.25, 0.3) is 0 Å². The van der Waals surface area contributed by atoms with Crippen LogP contribution in [0.4, 0.5) is 9.18 Å². The molecule has 0 saturated carbocycles. The number of carbonyl (C=O) groups is 1. The van der Waals surface area contributed by atoms with E-state index in [1.165, 1.54) is 12.1 Å². The van der Waals surface area contributed by atoms with Gasteiger partial charge >= 0.3 is 6.09 Å². The second-order valence-corrected chi connectivity index (χ2v) is 2.83. The fourth-order valence-corrected chi connectivity index (χ4v) is 1.10. The summed E-state index contributed by atoms with van der Waals surface area (Å²) in [5.74, 6) is -0.826. The van der Waals surface area contributed by atoms with Gasteiger partial charge in [-0.05, 0) is 28.1 Å². The third kappa shape index (κ3) is 1.94. The second kappa shape index (κ2) is 3.53. The van der Waals surface area contributed by atoms with E-state index < -0.39 is 11.9 Å². The molecule has 0 aliphatic rings. The van der Waals surface area contributed by atoms with Crippen LogP contribution in [0.2, 0.25) is 0 Å². The molecule has 1 aromatic rings. The maximum Gasteiger partial charge on any atom is 0.410 e. The van der Waals surface area contributed by atoms with Crippen LogP contribution < -0.4 is 10.5 Å². The van der Waals surface area contributed by atoms with Gasteiger partial charge in [0, 0.05) is 0 Å². The highest BCUT2D eigenvalue weighted by Gasteiger charge is 2.09. The van der Waals surface area contributed by atoms with Crippen molar-refractivity contribution in [3.8, 4) is 5.75 Å². The molecular formula is C7H5BrFNO2. The molecule has 0 aromatic heterocycles. The average Bonchev–Trinajstić information content (AvgIpc) is 1.97. The molecule has 5 heteroatoms. The minimum atomic E-state index is -1.04. The second-order valence-electron chi connectivity index (χ2n) is 1.97. The van der Waals surface area contributed by atoms with E-state index in [2.05, 4.69) is 20.7 Å². The standard InChI is InChI=1S/C7H5BrFNO2/c8-4-2-1-3-5(9)6(4)12-7(10)11/h1-3H,(H2,10,11). The van der Waals surface area contributed by atoms with Crippen LogP contribution >= 0.6 is 15.9 Å². The Morgan fingerprint density at radius 2 is 2.25 bits per heavy atom. The molecule has 1 aromatic carbocycles. The lowest BCUT2D eigenvalue weighted by Crippen LogP contribution is -2.17. The molecule has 0 fully saturated rings. The van der Waals surface area contributed by atoms with Crippen molar-refractivity contribution in [1.82, 2.24) is 0 Å². The van der Waals surface area contributed by atoms with Gasteiger partial charge in [-0.3, -0.25) is 0 Å². The van der Waals surface area contributed by atoms with Gasteiger partial charge in [-0.1, -0.05) is 6.07 Å². The number of para-hydroxylation sites is 1. The zero-order valence-corrected chi connectivity index (χ0v) is 7.47. The first-order valence-corrected chi connectivity index (χ1v) is 3.82. The van der Waals surface area contributed by atoms with Gasteiger partial charge in [-0.15, -0.1) is 0 Å². The zero-order valence-electron chi connectivity index (χ0n) is 5.88. The van der Waals surface area contributed by atoms with Gasteiger partial charge in [0.25, 0.3) is 0 Å². The van der Waals surface area contributed by atoms with Crippen molar-refractivity contribution in [2.45, 2.75) is 0 Å². The Morgan fingerprint density at radius 3 is 2.75 bits per heavy atom. The van der Waals surface area contributed by atoms with Gasteiger partial charge in [0.15, 0.2) is 11.6 Å². The fourth-order valence-electron chi connectivity index (χ4n) is 0.681. The normalized spacial score (nSPS) is 9.50. The van der Waals surface area contributed by atoms with Crippen molar-refractivity contribution < 1.29 is 13.9 Å². The van der Waals surface area contributed by atoms with E-state index in [1.807, 2.05) is 0 Å². The monoisotopic (exact) mass is 233 g/mol. The Labute approximate surface area is 76.4 Å². The highest BCUT2D eigenvalue weighted by Crippen LogP contribution is 2.27. The molecule has 64 valence electrons. The van der Waals surface area contributed by atoms with Crippen molar-refractivity contribution in [2.75, 3.05) is 0 Å². The number of ether oxygens (including phenoxy) is 1. The van der Waals surface area contributed by atoms with E-state index >= 15 is 0 Å². The summed E-state index contributed by atoms with van der Waals surface area (Å²) in [6, 6.07) is 4.19. The first-order valence-electron chi connectivity index (χ1n) is 3.02. The van der Waals surface area contributed by atoms with E-state index in [4.69, 9.17) is 5.73 Å². The zero-order chi connectivity index (χ0) is 9.14. The van der Waals surface area contributed by atoms with Crippen molar-refractivity contribution in [1.29, 1.82) is 0 Å². The molecule has 0 unspecified atom stereocenters. The van der Waals surface area contributed by atoms with Crippen LogP contribution in [-0.4, -0.2) is 6.09 Å². The molecular weight excluding hydrogens is 229 g/mol. The lowest BCUT2D eigenvalue weighted by atomic mass is 10.3. The number of amides is 1. The molecule has 0 aliphatic carbocycles. The van der Waals surface area contributed by atoms with E-state index in [1.54, 1.807) is 6.07 Å². The summed E-state index contributed by atoms with van der Waals surface area (Å²) in [6.45, 7) is 0. The highest BCUT2D eigenvalue weighted by molar-refractivity contribution is 9.10. The SMILES string of the molecule is NC(=O)Oc1c(F)cccc1Br. The number of nitrogens with two attached hydrogens (primary N) is 1. The number of rotatable bonds is 1. The van der Waals surface area contributed by atoms with E-state index in [9.17, 15) is 9.18 Å². The Kier molecular flexibility index (Phi) is 2.65. The summed E-state index contributed by atoms with van der Waals surface area (Å²) in [6.07, 6.45) is -1.04. The van der Waals surface area contributed by atoms with Crippen LogP contribution in [0.5, 0.6) is 5.75 Å². The number of carbonyl (C=O) groups excluding carboxylic acids is 1. The first kappa shape index (κ1) is 8.99. The highest BCUT2D eigenvalue weighted by atomic mass is 79.9. The Bertz CT molecular complexity index is 296. The molecule has 1 rings (SSSR count). The van der Waals surface area contributed by atoms with Crippen molar-refractivity contribution in [3.05, 3.63) is 28.5 Å². The van der Waals surface area contributed by atoms with Gasteiger partial charge in [-0.2, -0.15) is 0 Å². The van der Waals surface area contributed by atoms with E-state index in [0.29, 0.717) is 4.47 Å². The van der Waals surface area contributed by atoms with Gasteiger partial charge < -0.3 is 10.5 Å². The lowest BCUT2D eigenvalue weighted by Gasteiger charge is -2.03. The Morgan fingerprint density at radius 1 is 1.58 bits per heavy atom. The van der Waals surface area contributed by atoms with Gasteiger partial charge in [-0.25, -0.2) is 9.18 Å². The molecule has 0 aliphatic heterocycles. The minimum absolute atomic E-state index is 0.190. The van der Waals surface area contributed by atoms with Gasteiger partial charge in [0.05, 0.1) is 4.47 Å². The maximum absolute atomic E-state index is 12.8. The van der Waals surface area contributed by atoms with Crippen molar-refractivity contribution in [3.63, 3.8) is 0 Å². The molecule has 0 bridgehead atoms. The van der Waals surface area contributed by atoms with E-state index in [0.717, 1.165) is 0 Å². The smallest absolute Gasteiger partial charge is 0.406 e. The predicted octanol–water partition coefficient (Wildman–Crippen LogP) is 2.05. The van der Waals surface area contributed by atoms with Gasteiger partial charge in [0.2, 0.25) is 0 Å². The van der Waals surface area contributed by atoms with Crippen LogP contribution in [0, 0.1) is 5.82 Å². The molecule has 2 N–H and O–H groups in total. The Balaban J connectivity index is 3.04. The fraction of sp³-hybridized carbons (Fsp3) is 0. The molecule has 0 saturated heterocycles. The van der Waals surface area contributed by atoms with Gasteiger partial charge in [0.1, 0.15) is 0 Å². The number of primary amides is 1.